The van der Waals surface area contributed by atoms with E-state index < -0.39 is 0 Å². The molecule has 5 heteroatoms. The summed E-state index contributed by atoms with van der Waals surface area (Å²) in [5, 5.41) is 12.0. The van der Waals surface area contributed by atoms with Gasteiger partial charge in [-0.25, -0.2) is 4.68 Å². The Hall–Kier alpha value is -1.91. The number of hydrogen-bond acceptors (Lipinski definition) is 4. The number of aryl methyl sites for hydroxylation is 2. The fourth-order valence-corrected chi connectivity index (χ4v) is 2.38. The average molecular weight is 287 g/mol. The molecule has 0 aliphatic rings. The van der Waals surface area contributed by atoms with Crippen molar-refractivity contribution in [2.24, 2.45) is 0 Å². The van der Waals surface area contributed by atoms with E-state index in [2.05, 4.69) is 22.4 Å². The number of nitrogen functional groups attached to an aromatic ring is 1. The van der Waals surface area contributed by atoms with Crippen molar-refractivity contribution in [1.82, 2.24) is 20.2 Å². The minimum Gasteiger partial charge on any atom is -0.398 e. The van der Waals surface area contributed by atoms with Crippen LogP contribution in [0, 0.1) is 6.92 Å². The van der Waals surface area contributed by atoms with Crippen molar-refractivity contribution in [2.75, 3.05) is 5.73 Å². The van der Waals surface area contributed by atoms with E-state index >= 15 is 0 Å². The molecule has 0 saturated heterocycles. The van der Waals surface area contributed by atoms with E-state index in [1.165, 1.54) is 32.1 Å². The first-order chi connectivity index (χ1) is 10.2. The first kappa shape index (κ1) is 15.5. The van der Waals surface area contributed by atoms with E-state index in [0.29, 0.717) is 0 Å². The zero-order valence-corrected chi connectivity index (χ0v) is 13.0. The predicted molar refractivity (Wildman–Crippen MR) is 85.8 cm³/mol. The molecule has 0 radical (unpaired) electrons. The lowest BCUT2D eigenvalue weighted by atomic mass is 10.1. The van der Waals surface area contributed by atoms with Crippen LogP contribution in [-0.2, 0) is 6.54 Å². The second kappa shape index (κ2) is 7.76. The number of aromatic nitrogens is 4. The van der Waals surface area contributed by atoms with Crippen LogP contribution in [0.5, 0.6) is 0 Å². The van der Waals surface area contributed by atoms with Crippen molar-refractivity contribution >= 4 is 5.69 Å². The molecule has 2 aromatic rings. The number of hydrogen-bond donors (Lipinski definition) is 1. The van der Waals surface area contributed by atoms with Crippen molar-refractivity contribution in [3.05, 3.63) is 23.8 Å². The minimum absolute atomic E-state index is 0.779. The van der Waals surface area contributed by atoms with Crippen molar-refractivity contribution in [2.45, 2.75) is 58.9 Å². The molecule has 0 saturated carbocycles. The minimum atomic E-state index is 0.779. The van der Waals surface area contributed by atoms with Gasteiger partial charge in [0.2, 0.25) is 0 Å². The van der Waals surface area contributed by atoms with Crippen LogP contribution in [0.15, 0.2) is 18.2 Å². The Morgan fingerprint density at radius 2 is 1.86 bits per heavy atom. The summed E-state index contributed by atoms with van der Waals surface area (Å²) in [6.07, 6.45) is 7.58. The molecule has 0 unspecified atom stereocenters. The third kappa shape index (κ3) is 4.28. The second-order valence-corrected chi connectivity index (χ2v) is 5.56. The maximum Gasteiger partial charge on any atom is 0.182 e. The molecule has 1 aromatic heterocycles. The van der Waals surface area contributed by atoms with Gasteiger partial charge in [0.15, 0.2) is 5.82 Å². The summed E-state index contributed by atoms with van der Waals surface area (Å²) < 4.78 is 1.88. The normalized spacial score (nSPS) is 11.0. The van der Waals surface area contributed by atoms with Crippen molar-refractivity contribution in [1.29, 1.82) is 0 Å². The Morgan fingerprint density at radius 1 is 1.10 bits per heavy atom. The quantitative estimate of drug-likeness (QED) is 0.595. The molecule has 5 nitrogen and oxygen atoms in total. The largest absolute Gasteiger partial charge is 0.398 e. The van der Waals surface area contributed by atoms with E-state index in [1.807, 2.05) is 29.8 Å². The van der Waals surface area contributed by atoms with Crippen LogP contribution in [0.3, 0.4) is 0 Å². The van der Waals surface area contributed by atoms with Crippen LogP contribution in [0.25, 0.3) is 11.4 Å². The number of nitrogens with two attached hydrogens (primary N) is 1. The predicted octanol–water partition coefficient (Wildman–Crippen LogP) is 3.59. The molecular formula is C16H25N5. The van der Waals surface area contributed by atoms with Gasteiger partial charge in [0.05, 0.1) is 0 Å². The van der Waals surface area contributed by atoms with Crippen LogP contribution >= 0.6 is 0 Å². The highest BCUT2D eigenvalue weighted by atomic mass is 15.5. The summed E-state index contributed by atoms with van der Waals surface area (Å²) in [4.78, 5) is 0. The number of tetrazole rings is 1. The lowest BCUT2D eigenvalue weighted by Crippen LogP contribution is -2.03. The van der Waals surface area contributed by atoms with Gasteiger partial charge in [0.1, 0.15) is 0 Å². The third-order valence-electron chi connectivity index (χ3n) is 3.79. The van der Waals surface area contributed by atoms with Crippen molar-refractivity contribution in [3.63, 3.8) is 0 Å². The van der Waals surface area contributed by atoms with Gasteiger partial charge in [0, 0.05) is 17.8 Å². The Bertz CT molecular complexity index is 562. The molecule has 0 spiro atoms. The fraction of sp³-hybridized carbons (Fsp3) is 0.562. The van der Waals surface area contributed by atoms with E-state index in [0.717, 1.165) is 35.6 Å². The molecule has 2 rings (SSSR count). The maximum atomic E-state index is 5.97. The number of nitrogens with zero attached hydrogens (tertiary/aromatic N) is 4. The van der Waals surface area contributed by atoms with Crippen LogP contribution in [0.4, 0.5) is 5.69 Å². The smallest absolute Gasteiger partial charge is 0.182 e. The molecule has 21 heavy (non-hydrogen) atoms. The van der Waals surface area contributed by atoms with E-state index in [4.69, 9.17) is 5.73 Å². The first-order valence-corrected chi connectivity index (χ1v) is 7.85. The molecule has 114 valence electrons. The van der Waals surface area contributed by atoms with E-state index in [-0.39, 0.29) is 0 Å². The van der Waals surface area contributed by atoms with Crippen molar-refractivity contribution < 1.29 is 0 Å². The lowest BCUT2D eigenvalue weighted by molar-refractivity contribution is 0.519. The highest BCUT2D eigenvalue weighted by Crippen LogP contribution is 2.21. The molecule has 0 atom stereocenters. The molecule has 0 bridgehead atoms. The molecule has 0 fully saturated rings. The lowest BCUT2D eigenvalue weighted by Gasteiger charge is -2.06. The Balaban J connectivity index is 1.93. The van der Waals surface area contributed by atoms with Crippen LogP contribution < -0.4 is 5.73 Å². The first-order valence-electron chi connectivity index (χ1n) is 7.85. The highest BCUT2D eigenvalue weighted by molar-refractivity contribution is 5.63. The van der Waals surface area contributed by atoms with Gasteiger partial charge in [-0.1, -0.05) is 51.2 Å². The number of rotatable bonds is 8. The summed E-state index contributed by atoms with van der Waals surface area (Å²) in [7, 11) is 0. The molecule has 2 N–H and O–H groups in total. The fourth-order valence-electron chi connectivity index (χ4n) is 2.38. The van der Waals surface area contributed by atoms with Crippen molar-refractivity contribution in [3.8, 4) is 11.4 Å². The summed E-state index contributed by atoms with van der Waals surface area (Å²) in [6, 6.07) is 5.97. The van der Waals surface area contributed by atoms with Gasteiger partial charge < -0.3 is 5.73 Å². The molecule has 0 aliphatic carbocycles. The SMILES string of the molecule is CCCCCCCCn1nnnc1-c1ccc(C)c(N)c1. The van der Waals surface area contributed by atoms with E-state index in [9.17, 15) is 0 Å². The average Bonchev–Trinajstić information content (AvgIpc) is 2.94. The number of anilines is 1. The molecule has 0 aliphatic heterocycles. The van der Waals surface area contributed by atoms with E-state index in [1.54, 1.807) is 0 Å². The summed E-state index contributed by atoms with van der Waals surface area (Å²) in [5.74, 6) is 0.801. The van der Waals surface area contributed by atoms with Crippen LogP contribution in [0.1, 0.15) is 51.0 Å². The Morgan fingerprint density at radius 3 is 2.62 bits per heavy atom. The summed E-state index contributed by atoms with van der Waals surface area (Å²) in [6.45, 7) is 5.10. The molecule has 1 aromatic carbocycles. The highest BCUT2D eigenvalue weighted by Gasteiger charge is 2.09. The van der Waals surface area contributed by atoms with Gasteiger partial charge in [-0.3, -0.25) is 0 Å². The summed E-state index contributed by atoms with van der Waals surface area (Å²) >= 11 is 0. The Labute approximate surface area is 126 Å². The number of benzene rings is 1. The van der Waals surface area contributed by atoms with Gasteiger partial charge in [-0.15, -0.1) is 5.10 Å². The van der Waals surface area contributed by atoms with Gasteiger partial charge >= 0.3 is 0 Å². The second-order valence-electron chi connectivity index (χ2n) is 5.56. The monoisotopic (exact) mass is 287 g/mol. The Kier molecular flexibility index (Phi) is 5.72. The van der Waals surface area contributed by atoms with Crippen LogP contribution in [0.2, 0.25) is 0 Å². The molecule has 0 amide bonds. The van der Waals surface area contributed by atoms with Gasteiger partial charge in [0.25, 0.3) is 0 Å². The number of unbranched alkanes of at least 4 members (excludes halogenated alkanes) is 5. The zero-order valence-electron chi connectivity index (χ0n) is 13.0. The molecule has 1 heterocycles. The third-order valence-corrected chi connectivity index (χ3v) is 3.79. The standard InChI is InChI=1S/C16H25N5/c1-3-4-5-6-7-8-11-21-16(18-19-20-21)14-10-9-13(2)15(17)12-14/h9-10,12H,3-8,11,17H2,1-2H3. The maximum absolute atomic E-state index is 5.97. The summed E-state index contributed by atoms with van der Waals surface area (Å²) in [5.41, 5.74) is 8.80. The molecular weight excluding hydrogens is 262 g/mol. The van der Waals surface area contributed by atoms with Crippen LogP contribution in [-0.4, -0.2) is 20.2 Å². The van der Waals surface area contributed by atoms with Gasteiger partial charge in [-0.2, -0.15) is 0 Å². The zero-order chi connectivity index (χ0) is 15.1. The van der Waals surface area contributed by atoms with Gasteiger partial charge in [-0.05, 0) is 35.4 Å². The topological polar surface area (TPSA) is 69.6 Å².